The summed E-state index contributed by atoms with van der Waals surface area (Å²) in [5.41, 5.74) is 2.06. The van der Waals surface area contributed by atoms with Crippen molar-refractivity contribution >= 4 is 11.7 Å². The van der Waals surface area contributed by atoms with E-state index in [1.54, 1.807) is 0 Å². The molecule has 0 saturated heterocycles. The van der Waals surface area contributed by atoms with Gasteiger partial charge < -0.3 is 9.88 Å². The van der Waals surface area contributed by atoms with Gasteiger partial charge in [-0.15, -0.1) is 0 Å². The van der Waals surface area contributed by atoms with E-state index in [0.29, 0.717) is 5.82 Å². The van der Waals surface area contributed by atoms with Crippen LogP contribution in [-0.4, -0.2) is 25.7 Å². The summed E-state index contributed by atoms with van der Waals surface area (Å²) in [6.45, 7) is 2.76. The molecule has 1 aliphatic heterocycles. The predicted octanol–water partition coefficient (Wildman–Crippen LogP) is 1.12. The molecule has 18 heavy (non-hydrogen) atoms. The predicted molar refractivity (Wildman–Crippen MR) is 66.0 cm³/mol. The van der Waals surface area contributed by atoms with Crippen LogP contribution in [0.5, 0.6) is 0 Å². The first-order valence-electron chi connectivity index (χ1n) is 6.04. The minimum absolute atomic E-state index is 0.00575. The van der Waals surface area contributed by atoms with Crippen LogP contribution in [0.4, 0.5) is 5.82 Å². The minimum atomic E-state index is 0.00575. The highest BCUT2D eigenvalue weighted by Crippen LogP contribution is 2.21. The van der Waals surface area contributed by atoms with Crippen molar-refractivity contribution in [1.82, 2.24) is 19.7 Å². The summed E-state index contributed by atoms with van der Waals surface area (Å²) in [6.07, 6.45) is 5.24. The maximum Gasteiger partial charge on any atom is 0.229 e. The molecule has 3 rings (SSSR count). The van der Waals surface area contributed by atoms with Gasteiger partial charge in [-0.25, -0.2) is 4.98 Å². The number of hydrogen-bond acceptors (Lipinski definition) is 3. The zero-order valence-corrected chi connectivity index (χ0v) is 10.2. The number of aryl methyl sites for hydroxylation is 2. The molecule has 6 nitrogen and oxygen atoms in total. The van der Waals surface area contributed by atoms with Gasteiger partial charge in [0.15, 0.2) is 5.82 Å². The molecule has 0 spiro atoms. The van der Waals surface area contributed by atoms with Crippen LogP contribution in [0.1, 0.15) is 17.8 Å². The lowest BCUT2D eigenvalue weighted by Crippen LogP contribution is -2.30. The molecule has 0 radical (unpaired) electrons. The van der Waals surface area contributed by atoms with E-state index >= 15 is 0 Å². The molecule has 6 heteroatoms. The van der Waals surface area contributed by atoms with E-state index in [-0.39, 0.29) is 11.8 Å². The van der Waals surface area contributed by atoms with E-state index in [1.165, 1.54) is 0 Å². The van der Waals surface area contributed by atoms with Crippen LogP contribution in [0.3, 0.4) is 0 Å². The summed E-state index contributed by atoms with van der Waals surface area (Å²) in [5.74, 6) is 0.636. The van der Waals surface area contributed by atoms with Crippen LogP contribution in [0, 0.1) is 12.8 Å². The Labute approximate surface area is 104 Å². The molecule has 0 aliphatic carbocycles. The Morgan fingerprint density at radius 3 is 3.28 bits per heavy atom. The average Bonchev–Trinajstić information content (AvgIpc) is 2.96. The van der Waals surface area contributed by atoms with E-state index in [2.05, 4.69) is 25.1 Å². The maximum absolute atomic E-state index is 12.1. The highest BCUT2D eigenvalue weighted by atomic mass is 16.2. The van der Waals surface area contributed by atoms with E-state index in [9.17, 15) is 4.79 Å². The number of aromatic amines is 1. The lowest BCUT2D eigenvalue weighted by atomic mass is 9.95. The molecule has 1 aliphatic rings. The summed E-state index contributed by atoms with van der Waals surface area (Å²) in [7, 11) is 0. The molecule has 0 aromatic carbocycles. The summed E-state index contributed by atoms with van der Waals surface area (Å²) >= 11 is 0. The number of hydrogen-bond donors (Lipinski definition) is 2. The monoisotopic (exact) mass is 245 g/mol. The number of nitrogens with zero attached hydrogens (tertiary/aromatic N) is 3. The number of amides is 1. The van der Waals surface area contributed by atoms with Gasteiger partial charge in [-0.1, -0.05) is 0 Å². The summed E-state index contributed by atoms with van der Waals surface area (Å²) < 4.78 is 2.10. The molecule has 0 bridgehead atoms. The van der Waals surface area contributed by atoms with E-state index in [0.717, 1.165) is 30.8 Å². The Hall–Kier alpha value is -2.11. The molecule has 3 heterocycles. The number of carbonyl (C=O) groups is 1. The van der Waals surface area contributed by atoms with Gasteiger partial charge in [0.25, 0.3) is 0 Å². The van der Waals surface area contributed by atoms with Crippen molar-refractivity contribution in [2.45, 2.75) is 26.3 Å². The van der Waals surface area contributed by atoms with Gasteiger partial charge in [0.2, 0.25) is 5.91 Å². The van der Waals surface area contributed by atoms with Crippen LogP contribution in [0.25, 0.3) is 0 Å². The molecule has 1 amide bonds. The van der Waals surface area contributed by atoms with Gasteiger partial charge >= 0.3 is 0 Å². The van der Waals surface area contributed by atoms with Crippen molar-refractivity contribution in [1.29, 1.82) is 0 Å². The zero-order chi connectivity index (χ0) is 12.5. The van der Waals surface area contributed by atoms with E-state index in [4.69, 9.17) is 0 Å². The zero-order valence-electron chi connectivity index (χ0n) is 10.2. The van der Waals surface area contributed by atoms with Gasteiger partial charge in [0, 0.05) is 42.5 Å². The third kappa shape index (κ3) is 2.01. The number of nitrogens with one attached hydrogen (secondary N) is 2. The SMILES string of the molecule is Cc1cc(NC(=O)C2CCn3cncc3C2)n[nH]1. The number of carbonyl (C=O) groups excluding carboxylic acids is 1. The number of anilines is 1. The normalized spacial score (nSPS) is 18.4. The van der Waals surface area contributed by atoms with Gasteiger partial charge in [0.1, 0.15) is 0 Å². The van der Waals surface area contributed by atoms with Gasteiger partial charge in [-0.05, 0) is 13.3 Å². The molecule has 2 aromatic heterocycles. The highest BCUT2D eigenvalue weighted by Gasteiger charge is 2.25. The van der Waals surface area contributed by atoms with Crippen LogP contribution in [0.15, 0.2) is 18.6 Å². The number of aromatic nitrogens is 4. The smallest absolute Gasteiger partial charge is 0.229 e. The number of H-pyrrole nitrogens is 1. The molecular weight excluding hydrogens is 230 g/mol. The Morgan fingerprint density at radius 1 is 1.61 bits per heavy atom. The molecule has 0 saturated carbocycles. The first kappa shape index (κ1) is 11.0. The van der Waals surface area contributed by atoms with Crippen molar-refractivity contribution in [2.75, 3.05) is 5.32 Å². The van der Waals surface area contributed by atoms with Crippen molar-refractivity contribution < 1.29 is 4.79 Å². The fourth-order valence-electron chi connectivity index (χ4n) is 2.30. The molecule has 2 aromatic rings. The van der Waals surface area contributed by atoms with Crippen molar-refractivity contribution in [3.8, 4) is 0 Å². The van der Waals surface area contributed by atoms with Crippen LogP contribution in [0.2, 0.25) is 0 Å². The molecule has 1 unspecified atom stereocenters. The van der Waals surface area contributed by atoms with Crippen molar-refractivity contribution in [2.24, 2.45) is 5.92 Å². The number of imidazole rings is 1. The molecular formula is C12H15N5O. The lowest BCUT2D eigenvalue weighted by Gasteiger charge is -2.22. The van der Waals surface area contributed by atoms with Gasteiger partial charge in [-0.3, -0.25) is 9.89 Å². The summed E-state index contributed by atoms with van der Waals surface area (Å²) in [4.78, 5) is 16.2. The quantitative estimate of drug-likeness (QED) is 0.832. The van der Waals surface area contributed by atoms with Crippen molar-refractivity contribution in [3.63, 3.8) is 0 Å². The first-order chi connectivity index (χ1) is 8.72. The second kappa shape index (κ2) is 4.29. The standard InChI is InChI=1S/C12H15N5O/c1-8-4-11(16-15-8)14-12(18)9-2-3-17-7-13-6-10(17)5-9/h4,6-7,9H,2-3,5H2,1H3,(H2,14,15,16,18). The fraction of sp³-hybridized carbons (Fsp3) is 0.417. The summed E-state index contributed by atoms with van der Waals surface area (Å²) in [6, 6.07) is 1.82. The van der Waals surface area contributed by atoms with Crippen LogP contribution < -0.4 is 5.32 Å². The lowest BCUT2D eigenvalue weighted by molar-refractivity contribution is -0.120. The minimum Gasteiger partial charge on any atom is -0.335 e. The van der Waals surface area contributed by atoms with Crippen LogP contribution >= 0.6 is 0 Å². The highest BCUT2D eigenvalue weighted by molar-refractivity contribution is 5.91. The first-order valence-corrected chi connectivity index (χ1v) is 6.04. The third-order valence-electron chi connectivity index (χ3n) is 3.30. The molecule has 1 atom stereocenters. The molecule has 2 N–H and O–H groups in total. The van der Waals surface area contributed by atoms with Gasteiger partial charge in [-0.2, -0.15) is 5.10 Å². The topological polar surface area (TPSA) is 75.6 Å². The van der Waals surface area contributed by atoms with Crippen molar-refractivity contribution in [3.05, 3.63) is 30.0 Å². The Balaban J connectivity index is 1.67. The fourth-order valence-corrected chi connectivity index (χ4v) is 2.30. The largest absolute Gasteiger partial charge is 0.335 e. The van der Waals surface area contributed by atoms with Gasteiger partial charge in [0.05, 0.1) is 6.33 Å². The average molecular weight is 245 g/mol. The Morgan fingerprint density at radius 2 is 2.50 bits per heavy atom. The van der Waals surface area contributed by atoms with E-state index < -0.39 is 0 Å². The Kier molecular flexibility index (Phi) is 2.62. The summed E-state index contributed by atoms with van der Waals surface area (Å²) in [5, 5.41) is 9.66. The molecule has 0 fully saturated rings. The van der Waals surface area contributed by atoms with E-state index in [1.807, 2.05) is 25.5 Å². The maximum atomic E-state index is 12.1. The number of fused-ring (bicyclic) bond motifs is 1. The second-order valence-electron chi connectivity index (χ2n) is 4.69. The molecule has 94 valence electrons. The number of rotatable bonds is 2. The van der Waals surface area contributed by atoms with Crippen LogP contribution in [-0.2, 0) is 17.8 Å². The Bertz CT molecular complexity index is 571. The second-order valence-corrected chi connectivity index (χ2v) is 4.69. The third-order valence-corrected chi connectivity index (χ3v) is 3.30.